The average molecular weight is 281 g/mol. The van der Waals surface area contributed by atoms with E-state index in [0.717, 1.165) is 25.8 Å². The Morgan fingerprint density at radius 3 is 1.76 bits per heavy atom. The third-order valence-corrected chi connectivity index (χ3v) is 4.16. The average Bonchev–Trinajstić information content (AvgIpc) is 2.54. The SMILES string of the molecule is CCc1cc(CC)c(-c2ccc(CNC)cc2)c(CC)c1. The van der Waals surface area contributed by atoms with Crippen LogP contribution in [0.25, 0.3) is 11.1 Å². The number of aryl methyl sites for hydroxylation is 3. The van der Waals surface area contributed by atoms with E-state index in [-0.39, 0.29) is 0 Å². The third-order valence-electron chi connectivity index (χ3n) is 4.16. The van der Waals surface area contributed by atoms with E-state index in [2.05, 4.69) is 62.5 Å². The number of hydrogen-bond acceptors (Lipinski definition) is 1. The summed E-state index contributed by atoms with van der Waals surface area (Å²) in [5, 5.41) is 3.20. The van der Waals surface area contributed by atoms with Gasteiger partial charge in [0.2, 0.25) is 0 Å². The molecule has 0 bridgehead atoms. The van der Waals surface area contributed by atoms with Crippen LogP contribution in [0.2, 0.25) is 0 Å². The predicted octanol–water partition coefficient (Wildman–Crippen LogP) is 4.76. The smallest absolute Gasteiger partial charge is 0.0202 e. The van der Waals surface area contributed by atoms with E-state index in [0.29, 0.717) is 0 Å². The van der Waals surface area contributed by atoms with Gasteiger partial charge < -0.3 is 5.32 Å². The van der Waals surface area contributed by atoms with Crippen molar-refractivity contribution in [1.29, 1.82) is 0 Å². The Morgan fingerprint density at radius 2 is 1.33 bits per heavy atom. The zero-order valence-electron chi connectivity index (χ0n) is 13.8. The molecule has 0 aliphatic rings. The molecule has 0 aromatic heterocycles. The lowest BCUT2D eigenvalue weighted by Gasteiger charge is -2.16. The van der Waals surface area contributed by atoms with E-state index in [1.54, 1.807) is 0 Å². The summed E-state index contributed by atoms with van der Waals surface area (Å²) in [6.07, 6.45) is 3.30. The molecule has 0 fully saturated rings. The van der Waals surface area contributed by atoms with Crippen LogP contribution in [-0.2, 0) is 25.8 Å². The molecule has 0 heterocycles. The van der Waals surface area contributed by atoms with Crippen LogP contribution in [0.4, 0.5) is 0 Å². The highest BCUT2D eigenvalue weighted by atomic mass is 14.8. The van der Waals surface area contributed by atoms with E-state index in [1.807, 2.05) is 7.05 Å². The zero-order chi connectivity index (χ0) is 15.2. The molecule has 0 aliphatic carbocycles. The van der Waals surface area contributed by atoms with Crippen LogP contribution in [0, 0.1) is 0 Å². The van der Waals surface area contributed by atoms with Crippen molar-refractivity contribution in [3.05, 3.63) is 58.7 Å². The highest BCUT2D eigenvalue weighted by Gasteiger charge is 2.10. The molecule has 0 amide bonds. The van der Waals surface area contributed by atoms with Crippen LogP contribution in [0.3, 0.4) is 0 Å². The van der Waals surface area contributed by atoms with Gasteiger partial charge in [0.25, 0.3) is 0 Å². The second kappa shape index (κ2) is 7.42. The maximum absolute atomic E-state index is 3.20. The second-order valence-electron chi connectivity index (χ2n) is 5.58. The van der Waals surface area contributed by atoms with Crippen molar-refractivity contribution in [2.75, 3.05) is 7.05 Å². The maximum Gasteiger partial charge on any atom is 0.0202 e. The van der Waals surface area contributed by atoms with Gasteiger partial charge >= 0.3 is 0 Å². The Balaban J connectivity index is 2.50. The summed E-state index contributed by atoms with van der Waals surface area (Å²) >= 11 is 0. The number of hydrogen-bond donors (Lipinski definition) is 1. The predicted molar refractivity (Wildman–Crippen MR) is 92.8 cm³/mol. The topological polar surface area (TPSA) is 12.0 Å². The molecular formula is C20H27N. The zero-order valence-corrected chi connectivity index (χ0v) is 13.8. The van der Waals surface area contributed by atoms with Gasteiger partial charge in [0, 0.05) is 6.54 Å². The molecule has 0 atom stereocenters. The fourth-order valence-corrected chi connectivity index (χ4v) is 2.97. The molecule has 0 saturated heterocycles. The number of rotatable bonds is 6. The van der Waals surface area contributed by atoms with E-state index in [9.17, 15) is 0 Å². The minimum atomic E-state index is 0.927. The summed E-state index contributed by atoms with van der Waals surface area (Å²) in [6, 6.07) is 13.8. The van der Waals surface area contributed by atoms with Crippen molar-refractivity contribution in [1.82, 2.24) is 5.32 Å². The lowest BCUT2D eigenvalue weighted by Crippen LogP contribution is -2.04. The monoisotopic (exact) mass is 281 g/mol. The first-order chi connectivity index (χ1) is 10.2. The van der Waals surface area contributed by atoms with Gasteiger partial charge in [-0.3, -0.25) is 0 Å². The lowest BCUT2D eigenvalue weighted by molar-refractivity contribution is 0.818. The van der Waals surface area contributed by atoms with Crippen molar-refractivity contribution in [2.45, 2.75) is 46.6 Å². The first kappa shape index (κ1) is 15.8. The van der Waals surface area contributed by atoms with Gasteiger partial charge in [-0.25, -0.2) is 0 Å². The Bertz CT molecular complexity index is 556. The lowest BCUT2D eigenvalue weighted by atomic mass is 9.89. The van der Waals surface area contributed by atoms with Crippen molar-refractivity contribution in [3.63, 3.8) is 0 Å². The molecule has 0 aliphatic heterocycles. The fourth-order valence-electron chi connectivity index (χ4n) is 2.97. The normalized spacial score (nSPS) is 10.9. The van der Waals surface area contributed by atoms with Crippen molar-refractivity contribution >= 4 is 0 Å². The molecule has 0 unspecified atom stereocenters. The first-order valence-corrected chi connectivity index (χ1v) is 8.12. The summed E-state index contributed by atoms with van der Waals surface area (Å²) in [5.74, 6) is 0. The molecule has 2 rings (SSSR count). The van der Waals surface area contributed by atoms with E-state index in [1.165, 1.54) is 33.4 Å². The first-order valence-electron chi connectivity index (χ1n) is 8.12. The third kappa shape index (κ3) is 3.54. The van der Waals surface area contributed by atoms with Crippen molar-refractivity contribution < 1.29 is 0 Å². The Kier molecular flexibility index (Phi) is 5.58. The summed E-state index contributed by atoms with van der Waals surface area (Å²) in [6.45, 7) is 7.68. The van der Waals surface area contributed by atoms with Gasteiger partial charge in [-0.1, -0.05) is 57.2 Å². The van der Waals surface area contributed by atoms with Crippen LogP contribution in [0.5, 0.6) is 0 Å². The molecule has 0 radical (unpaired) electrons. The van der Waals surface area contributed by atoms with Crippen molar-refractivity contribution in [2.24, 2.45) is 0 Å². The largest absolute Gasteiger partial charge is 0.316 e. The Morgan fingerprint density at radius 1 is 0.762 bits per heavy atom. The summed E-state index contributed by atoms with van der Waals surface area (Å²) in [7, 11) is 1.99. The molecule has 2 aromatic rings. The minimum Gasteiger partial charge on any atom is -0.316 e. The maximum atomic E-state index is 3.20. The standard InChI is InChI=1S/C20H27N/c1-5-15-12-17(6-2)20(18(7-3)13-15)19-10-8-16(9-11-19)14-21-4/h8-13,21H,5-7,14H2,1-4H3. The molecule has 112 valence electrons. The van der Waals surface area contributed by atoms with Gasteiger partial charge in [-0.2, -0.15) is 0 Å². The molecule has 1 heteroatoms. The van der Waals surface area contributed by atoms with E-state index >= 15 is 0 Å². The van der Waals surface area contributed by atoms with Crippen LogP contribution in [0.1, 0.15) is 43.0 Å². The molecule has 21 heavy (non-hydrogen) atoms. The highest BCUT2D eigenvalue weighted by Crippen LogP contribution is 2.30. The van der Waals surface area contributed by atoms with Crippen LogP contribution < -0.4 is 5.32 Å². The van der Waals surface area contributed by atoms with E-state index in [4.69, 9.17) is 0 Å². The summed E-state index contributed by atoms with van der Waals surface area (Å²) < 4.78 is 0. The van der Waals surface area contributed by atoms with Gasteiger partial charge in [-0.15, -0.1) is 0 Å². The van der Waals surface area contributed by atoms with Gasteiger partial charge in [-0.05, 0) is 59.7 Å². The van der Waals surface area contributed by atoms with Gasteiger partial charge in [0.1, 0.15) is 0 Å². The molecule has 0 saturated carbocycles. The fraction of sp³-hybridized carbons (Fsp3) is 0.400. The minimum absolute atomic E-state index is 0.927. The molecule has 1 N–H and O–H groups in total. The van der Waals surface area contributed by atoms with Gasteiger partial charge in [0.15, 0.2) is 0 Å². The van der Waals surface area contributed by atoms with Crippen LogP contribution in [0.15, 0.2) is 36.4 Å². The number of nitrogens with one attached hydrogen (secondary N) is 1. The second-order valence-corrected chi connectivity index (χ2v) is 5.58. The molecular weight excluding hydrogens is 254 g/mol. The Hall–Kier alpha value is -1.60. The number of benzene rings is 2. The van der Waals surface area contributed by atoms with Gasteiger partial charge in [0.05, 0.1) is 0 Å². The quantitative estimate of drug-likeness (QED) is 0.805. The highest BCUT2D eigenvalue weighted by molar-refractivity contribution is 5.72. The summed E-state index contributed by atoms with van der Waals surface area (Å²) in [4.78, 5) is 0. The van der Waals surface area contributed by atoms with Crippen LogP contribution in [-0.4, -0.2) is 7.05 Å². The molecule has 0 spiro atoms. The summed E-state index contributed by atoms with van der Waals surface area (Å²) in [5.41, 5.74) is 8.56. The molecule has 1 nitrogen and oxygen atoms in total. The Labute approximate surface area is 129 Å². The van der Waals surface area contributed by atoms with Crippen LogP contribution >= 0.6 is 0 Å². The van der Waals surface area contributed by atoms with Crippen molar-refractivity contribution in [3.8, 4) is 11.1 Å². The molecule has 2 aromatic carbocycles. The van der Waals surface area contributed by atoms with E-state index < -0.39 is 0 Å².